The maximum absolute atomic E-state index is 12.5. The van der Waals surface area contributed by atoms with Gasteiger partial charge in [0.2, 0.25) is 5.88 Å². The van der Waals surface area contributed by atoms with Crippen molar-refractivity contribution in [2.24, 2.45) is 13.0 Å². The smallest absolute Gasteiger partial charge is 0.407 e. The van der Waals surface area contributed by atoms with Gasteiger partial charge in [0.25, 0.3) is 12.3 Å². The first kappa shape index (κ1) is 22.6. The van der Waals surface area contributed by atoms with Gasteiger partial charge in [-0.1, -0.05) is 0 Å². The Morgan fingerprint density at radius 3 is 2.82 bits per heavy atom. The quantitative estimate of drug-likeness (QED) is 0.529. The fraction of sp³-hybridized carbons (Fsp3) is 0.619. The summed E-state index contributed by atoms with van der Waals surface area (Å²) in [7, 11) is 1.50. The Labute approximate surface area is 193 Å². The van der Waals surface area contributed by atoms with Gasteiger partial charge < -0.3 is 24.8 Å². The Balaban J connectivity index is 1.12. The number of carbonyl (C=O) groups excluding carboxylic acids is 2. The van der Waals surface area contributed by atoms with Crippen LogP contribution in [-0.2, 0) is 16.5 Å². The van der Waals surface area contributed by atoms with E-state index in [0.717, 1.165) is 12.8 Å². The number of hydrogen-bond acceptors (Lipinski definition) is 7. The molecule has 184 valence electrons. The maximum Gasteiger partial charge on any atom is 0.407 e. The average molecular weight is 480 g/mol. The zero-order valence-electron chi connectivity index (χ0n) is 18.6. The summed E-state index contributed by atoms with van der Waals surface area (Å²) < 4.78 is 42.0. The van der Waals surface area contributed by atoms with Crippen molar-refractivity contribution in [3.05, 3.63) is 23.5 Å². The lowest BCUT2D eigenvalue weighted by Crippen LogP contribution is -2.66. The third-order valence-corrected chi connectivity index (χ3v) is 6.88. The van der Waals surface area contributed by atoms with Gasteiger partial charge in [0.15, 0.2) is 12.4 Å². The molecule has 2 aromatic heterocycles. The largest absolute Gasteiger partial charge is 0.471 e. The Morgan fingerprint density at radius 2 is 2.15 bits per heavy atom. The van der Waals surface area contributed by atoms with Crippen LogP contribution in [0.4, 0.5) is 19.4 Å². The van der Waals surface area contributed by atoms with Crippen LogP contribution < -0.4 is 15.4 Å². The molecular weight excluding hydrogens is 454 g/mol. The van der Waals surface area contributed by atoms with Crippen molar-refractivity contribution in [3.8, 4) is 5.88 Å². The lowest BCUT2D eigenvalue weighted by Gasteiger charge is -2.58. The molecule has 0 unspecified atom stereocenters. The van der Waals surface area contributed by atoms with Gasteiger partial charge >= 0.3 is 6.09 Å². The summed E-state index contributed by atoms with van der Waals surface area (Å²) in [5.74, 6) is 0.237. The number of alkyl halides is 2. The number of fused-ring (bicyclic) bond motifs is 1. The molecule has 3 heterocycles. The van der Waals surface area contributed by atoms with E-state index in [1.54, 1.807) is 6.07 Å². The van der Waals surface area contributed by atoms with E-state index in [1.807, 2.05) is 0 Å². The molecular formula is C21H26F2N6O5. The topological polar surface area (TPSA) is 132 Å². The molecule has 0 radical (unpaired) electrons. The van der Waals surface area contributed by atoms with Crippen LogP contribution in [0.15, 0.2) is 12.1 Å². The second-order valence-electron chi connectivity index (χ2n) is 9.00. The van der Waals surface area contributed by atoms with Crippen molar-refractivity contribution >= 4 is 17.8 Å². The van der Waals surface area contributed by atoms with Gasteiger partial charge in [-0.15, -0.1) is 5.10 Å². The van der Waals surface area contributed by atoms with E-state index in [0.29, 0.717) is 18.0 Å². The second-order valence-corrected chi connectivity index (χ2v) is 9.00. The van der Waals surface area contributed by atoms with Crippen LogP contribution in [0, 0.1) is 5.92 Å². The van der Waals surface area contributed by atoms with Crippen LogP contribution in [0.2, 0.25) is 0 Å². The molecule has 3 N–H and O–H groups in total. The third-order valence-electron chi connectivity index (χ3n) is 6.88. The molecule has 1 saturated heterocycles. The highest BCUT2D eigenvalue weighted by Gasteiger charge is 2.54. The Kier molecular flexibility index (Phi) is 5.88. The number of aromatic amines is 1. The lowest BCUT2D eigenvalue weighted by atomic mass is 9.53. The van der Waals surface area contributed by atoms with Gasteiger partial charge in [0.05, 0.1) is 12.3 Å². The molecule has 2 amide bonds. The molecule has 11 nitrogen and oxygen atoms in total. The number of carbonyl (C=O) groups is 2. The highest BCUT2D eigenvalue weighted by molar-refractivity contribution is 6.02. The summed E-state index contributed by atoms with van der Waals surface area (Å²) in [5.41, 5.74) is 0.699. The number of aromatic nitrogens is 4. The predicted molar refractivity (Wildman–Crippen MR) is 113 cm³/mol. The molecule has 0 spiro atoms. The summed E-state index contributed by atoms with van der Waals surface area (Å²) in [6.45, 7) is -0.540. The molecule has 2 aromatic rings. The normalized spacial score (nSPS) is 27.5. The number of alkyl carbamates (subject to hydrolysis) is 1. The number of anilines is 1. The SMILES string of the molecule is Cn1nc(OCC(F)F)cc1C(=O)Nc1cc([C@@H]2C[C@H](OC(=O)NC34CCC3CC4)CO2)[nH]n1. The molecule has 34 heavy (non-hydrogen) atoms. The van der Waals surface area contributed by atoms with Gasteiger partial charge in [-0.25, -0.2) is 13.6 Å². The van der Waals surface area contributed by atoms with Crippen LogP contribution in [0.3, 0.4) is 0 Å². The molecule has 5 rings (SSSR count). The molecule has 3 fully saturated rings. The molecule has 2 atom stereocenters. The second kappa shape index (κ2) is 8.85. The van der Waals surface area contributed by atoms with Crippen molar-refractivity contribution in [1.29, 1.82) is 0 Å². The molecule has 1 aliphatic heterocycles. The number of hydrogen-bond donors (Lipinski definition) is 3. The summed E-state index contributed by atoms with van der Waals surface area (Å²) in [6.07, 6.45) is 1.06. The number of rotatable bonds is 8. The van der Waals surface area contributed by atoms with E-state index < -0.39 is 25.0 Å². The molecule has 13 heteroatoms. The van der Waals surface area contributed by atoms with Crippen LogP contribution in [0.25, 0.3) is 0 Å². The Bertz CT molecular complexity index is 1060. The maximum atomic E-state index is 12.5. The average Bonchev–Trinajstić information content (AvgIpc) is 3.51. The first-order valence-corrected chi connectivity index (χ1v) is 11.2. The fourth-order valence-electron chi connectivity index (χ4n) is 4.79. The zero-order chi connectivity index (χ0) is 23.9. The van der Waals surface area contributed by atoms with Crippen molar-refractivity contribution in [1.82, 2.24) is 25.3 Å². The number of H-pyrrole nitrogens is 1. The highest BCUT2D eigenvalue weighted by Crippen LogP contribution is 2.53. The van der Waals surface area contributed by atoms with E-state index in [9.17, 15) is 18.4 Å². The van der Waals surface area contributed by atoms with Crippen molar-refractivity contribution in [2.45, 2.75) is 56.3 Å². The predicted octanol–water partition coefficient (Wildman–Crippen LogP) is 2.54. The molecule has 2 aliphatic carbocycles. The number of nitrogens with one attached hydrogen (secondary N) is 3. The molecule has 3 aliphatic rings. The summed E-state index contributed by atoms with van der Waals surface area (Å²) in [6, 6.07) is 2.90. The standard InChI is InChI=1S/C21H26F2N6O5/c1-29-14(8-18(28-29)33-10-16(22)23)19(30)24-17-7-13(26-27-17)15-6-12(9-32-15)34-20(31)25-21-4-2-11(21)3-5-21/h7-8,11-12,15-16H,2-6,9-10H2,1H3,(H,25,31)(H2,24,26,27,30)/t11?,12-,15-,21?/m0/s1. The van der Waals surface area contributed by atoms with Crippen molar-refractivity contribution < 1.29 is 32.6 Å². The molecule has 0 aromatic carbocycles. The van der Waals surface area contributed by atoms with Gasteiger partial charge in [-0.3, -0.25) is 14.6 Å². The lowest BCUT2D eigenvalue weighted by molar-refractivity contribution is -0.0243. The van der Waals surface area contributed by atoms with E-state index in [1.165, 1.54) is 30.6 Å². The number of ether oxygens (including phenoxy) is 3. The van der Waals surface area contributed by atoms with Gasteiger partial charge in [-0.2, -0.15) is 5.10 Å². The molecule has 2 saturated carbocycles. The summed E-state index contributed by atoms with van der Waals surface area (Å²) in [4.78, 5) is 24.8. The van der Waals surface area contributed by atoms with Gasteiger partial charge in [0, 0.05) is 31.1 Å². The fourth-order valence-corrected chi connectivity index (χ4v) is 4.79. The first-order chi connectivity index (χ1) is 16.3. The Hall–Kier alpha value is -3.22. The minimum absolute atomic E-state index is 0.0455. The minimum atomic E-state index is -2.64. The van der Waals surface area contributed by atoms with E-state index in [-0.39, 0.29) is 41.7 Å². The first-order valence-electron chi connectivity index (χ1n) is 11.2. The van der Waals surface area contributed by atoms with Gasteiger partial charge in [0.1, 0.15) is 17.9 Å². The molecule has 0 bridgehead atoms. The van der Waals surface area contributed by atoms with E-state index >= 15 is 0 Å². The van der Waals surface area contributed by atoms with Crippen LogP contribution in [0.1, 0.15) is 54.4 Å². The van der Waals surface area contributed by atoms with Crippen molar-refractivity contribution in [2.75, 3.05) is 18.5 Å². The van der Waals surface area contributed by atoms with Crippen LogP contribution in [-0.4, -0.2) is 63.3 Å². The summed E-state index contributed by atoms with van der Waals surface area (Å²) >= 11 is 0. The summed E-state index contributed by atoms with van der Waals surface area (Å²) in [5, 5.41) is 16.4. The highest BCUT2D eigenvalue weighted by atomic mass is 19.3. The third kappa shape index (κ3) is 4.43. The Morgan fingerprint density at radius 1 is 1.35 bits per heavy atom. The number of aryl methyl sites for hydroxylation is 1. The number of halogens is 2. The van der Waals surface area contributed by atoms with E-state index in [2.05, 4.69) is 25.9 Å². The number of amides is 2. The van der Waals surface area contributed by atoms with Crippen LogP contribution >= 0.6 is 0 Å². The van der Waals surface area contributed by atoms with E-state index in [4.69, 9.17) is 14.2 Å². The van der Waals surface area contributed by atoms with Crippen LogP contribution in [0.5, 0.6) is 5.88 Å². The minimum Gasteiger partial charge on any atom is -0.471 e. The monoisotopic (exact) mass is 480 g/mol. The zero-order valence-corrected chi connectivity index (χ0v) is 18.6. The number of nitrogens with zero attached hydrogens (tertiary/aromatic N) is 3. The van der Waals surface area contributed by atoms with Crippen molar-refractivity contribution in [3.63, 3.8) is 0 Å². The van der Waals surface area contributed by atoms with Gasteiger partial charge in [-0.05, 0) is 31.6 Å².